The number of sulfonamides is 1. The number of rotatable bonds is 4. The topological polar surface area (TPSA) is 46.2 Å². The fourth-order valence-electron chi connectivity index (χ4n) is 3.96. The zero-order valence-electron chi connectivity index (χ0n) is 11.5. The summed E-state index contributed by atoms with van der Waals surface area (Å²) < 4.78 is 27.7. The summed E-state index contributed by atoms with van der Waals surface area (Å²) in [6, 6.07) is 6.58. The van der Waals surface area contributed by atoms with Gasteiger partial charge in [0, 0.05) is 6.04 Å². The Morgan fingerprint density at radius 3 is 2.60 bits per heavy atom. The highest BCUT2D eigenvalue weighted by atomic mass is 35.5. The van der Waals surface area contributed by atoms with Crippen molar-refractivity contribution in [1.82, 2.24) is 4.72 Å². The van der Waals surface area contributed by atoms with Crippen LogP contribution in [0, 0.1) is 17.8 Å². The van der Waals surface area contributed by atoms with Gasteiger partial charge in [0.15, 0.2) is 0 Å². The van der Waals surface area contributed by atoms with Crippen molar-refractivity contribution in [2.45, 2.75) is 43.5 Å². The van der Waals surface area contributed by atoms with Gasteiger partial charge in [-0.3, -0.25) is 0 Å². The lowest BCUT2D eigenvalue weighted by molar-refractivity contribution is 0.280. The van der Waals surface area contributed by atoms with E-state index in [0.717, 1.165) is 12.3 Å². The molecule has 0 heterocycles. The van der Waals surface area contributed by atoms with Gasteiger partial charge in [0.05, 0.1) is 5.02 Å². The van der Waals surface area contributed by atoms with Gasteiger partial charge in [0.2, 0.25) is 10.0 Å². The lowest BCUT2D eigenvalue weighted by Gasteiger charge is -2.28. The Hall–Kier alpha value is -0.580. The fraction of sp³-hybridized carbons (Fsp3) is 0.600. The van der Waals surface area contributed by atoms with Crippen LogP contribution in [0.15, 0.2) is 29.2 Å². The van der Waals surface area contributed by atoms with E-state index in [1.54, 1.807) is 24.3 Å². The first kappa shape index (κ1) is 14.4. The zero-order valence-corrected chi connectivity index (χ0v) is 13.1. The van der Waals surface area contributed by atoms with E-state index in [0.29, 0.717) is 11.8 Å². The first-order valence-electron chi connectivity index (χ1n) is 7.24. The minimum Gasteiger partial charge on any atom is -0.208 e. The van der Waals surface area contributed by atoms with Gasteiger partial charge in [0.25, 0.3) is 0 Å². The summed E-state index contributed by atoms with van der Waals surface area (Å²) in [7, 11) is -3.53. The van der Waals surface area contributed by atoms with Gasteiger partial charge in [-0.25, -0.2) is 13.1 Å². The molecule has 2 aliphatic rings. The molecule has 2 bridgehead atoms. The second-order valence-corrected chi connectivity index (χ2v) is 8.27. The molecule has 0 unspecified atom stereocenters. The molecule has 1 aromatic rings. The summed E-state index contributed by atoms with van der Waals surface area (Å²) in [4.78, 5) is 0.177. The highest BCUT2D eigenvalue weighted by molar-refractivity contribution is 7.89. The summed E-state index contributed by atoms with van der Waals surface area (Å²) in [5.41, 5.74) is 0. The van der Waals surface area contributed by atoms with E-state index in [4.69, 9.17) is 11.6 Å². The number of hydrogen-bond acceptors (Lipinski definition) is 2. The van der Waals surface area contributed by atoms with Gasteiger partial charge >= 0.3 is 0 Å². The average molecular weight is 314 g/mol. The summed E-state index contributed by atoms with van der Waals surface area (Å²) in [6.45, 7) is 1.99. The molecule has 4 atom stereocenters. The van der Waals surface area contributed by atoms with Crippen molar-refractivity contribution in [2.24, 2.45) is 17.8 Å². The SMILES string of the molecule is C[C@H](NS(=O)(=O)c1ccccc1Cl)[C@H]1C[C@@H]2CC[C@H]1C2. The van der Waals surface area contributed by atoms with E-state index < -0.39 is 10.0 Å². The van der Waals surface area contributed by atoms with Crippen LogP contribution >= 0.6 is 11.6 Å². The molecule has 0 radical (unpaired) electrons. The summed E-state index contributed by atoms with van der Waals surface area (Å²) in [5, 5.41) is 0.278. The van der Waals surface area contributed by atoms with Crippen molar-refractivity contribution in [3.63, 3.8) is 0 Å². The maximum atomic E-state index is 12.4. The molecule has 0 spiro atoms. The van der Waals surface area contributed by atoms with E-state index in [1.807, 2.05) is 6.92 Å². The number of nitrogens with one attached hydrogen (secondary N) is 1. The fourth-order valence-corrected chi connectivity index (χ4v) is 5.78. The van der Waals surface area contributed by atoms with Crippen molar-refractivity contribution >= 4 is 21.6 Å². The number of benzene rings is 1. The molecule has 5 heteroatoms. The van der Waals surface area contributed by atoms with Crippen LogP contribution in [0.1, 0.15) is 32.6 Å². The molecule has 0 aromatic heterocycles. The molecular weight excluding hydrogens is 294 g/mol. The third kappa shape index (κ3) is 2.61. The molecule has 0 aliphatic heterocycles. The van der Waals surface area contributed by atoms with Crippen LogP contribution in [-0.2, 0) is 10.0 Å². The van der Waals surface area contributed by atoms with Gasteiger partial charge in [-0.1, -0.05) is 30.2 Å². The summed E-state index contributed by atoms with van der Waals surface area (Å²) >= 11 is 6.00. The zero-order chi connectivity index (χ0) is 14.3. The predicted octanol–water partition coefficient (Wildman–Crippen LogP) is 3.44. The summed E-state index contributed by atoms with van der Waals surface area (Å²) in [5.74, 6) is 1.99. The maximum Gasteiger partial charge on any atom is 0.242 e. The third-order valence-corrected chi connectivity index (χ3v) is 6.96. The van der Waals surface area contributed by atoms with Crippen molar-refractivity contribution in [1.29, 1.82) is 0 Å². The Bertz CT molecular complexity index is 602. The van der Waals surface area contributed by atoms with E-state index in [1.165, 1.54) is 19.3 Å². The van der Waals surface area contributed by atoms with Crippen LogP contribution in [0.2, 0.25) is 5.02 Å². The molecule has 2 fully saturated rings. The van der Waals surface area contributed by atoms with Crippen LogP contribution < -0.4 is 4.72 Å². The maximum absolute atomic E-state index is 12.4. The van der Waals surface area contributed by atoms with Crippen LogP contribution in [0.3, 0.4) is 0 Å². The monoisotopic (exact) mass is 313 g/mol. The second kappa shape index (κ2) is 5.32. The normalized spacial score (nSPS) is 30.6. The Morgan fingerprint density at radius 2 is 2.00 bits per heavy atom. The molecule has 1 N–H and O–H groups in total. The first-order chi connectivity index (χ1) is 9.47. The van der Waals surface area contributed by atoms with Crippen LogP contribution in [0.5, 0.6) is 0 Å². The second-order valence-electron chi connectivity index (χ2n) is 6.18. The Labute approximate surface area is 125 Å². The van der Waals surface area contributed by atoms with Gasteiger partial charge < -0.3 is 0 Å². The average Bonchev–Trinajstić information content (AvgIpc) is 3.00. The predicted molar refractivity (Wildman–Crippen MR) is 80.2 cm³/mol. The minimum absolute atomic E-state index is 0.0217. The van der Waals surface area contributed by atoms with E-state index in [2.05, 4.69) is 4.72 Å². The molecule has 0 saturated heterocycles. The van der Waals surface area contributed by atoms with Crippen molar-refractivity contribution < 1.29 is 8.42 Å². The lowest BCUT2D eigenvalue weighted by atomic mass is 9.84. The third-order valence-electron chi connectivity index (χ3n) is 4.90. The molecule has 1 aromatic carbocycles. The van der Waals surface area contributed by atoms with Crippen molar-refractivity contribution in [3.05, 3.63) is 29.3 Å². The minimum atomic E-state index is -3.53. The Morgan fingerprint density at radius 1 is 1.25 bits per heavy atom. The molecule has 20 heavy (non-hydrogen) atoms. The van der Waals surface area contributed by atoms with E-state index in [9.17, 15) is 8.42 Å². The largest absolute Gasteiger partial charge is 0.242 e. The highest BCUT2D eigenvalue weighted by Crippen LogP contribution is 2.49. The van der Waals surface area contributed by atoms with Crippen LogP contribution in [0.25, 0.3) is 0 Å². The Balaban J connectivity index is 1.75. The number of halogens is 1. The summed E-state index contributed by atoms with van der Waals surface area (Å²) in [6.07, 6.45) is 5.03. The molecule has 2 saturated carbocycles. The molecule has 2 aliphatic carbocycles. The molecule has 3 nitrogen and oxygen atoms in total. The van der Waals surface area contributed by atoms with Crippen LogP contribution in [-0.4, -0.2) is 14.5 Å². The van der Waals surface area contributed by atoms with E-state index >= 15 is 0 Å². The Kier molecular flexibility index (Phi) is 3.82. The van der Waals surface area contributed by atoms with Crippen LogP contribution in [0.4, 0.5) is 0 Å². The molecular formula is C15H20ClNO2S. The molecule has 110 valence electrons. The van der Waals surface area contributed by atoms with Gasteiger partial charge in [-0.2, -0.15) is 0 Å². The molecule has 3 rings (SSSR count). The van der Waals surface area contributed by atoms with Gasteiger partial charge in [-0.05, 0) is 56.1 Å². The van der Waals surface area contributed by atoms with E-state index in [-0.39, 0.29) is 16.0 Å². The number of hydrogen-bond donors (Lipinski definition) is 1. The van der Waals surface area contributed by atoms with Crippen molar-refractivity contribution in [3.8, 4) is 0 Å². The smallest absolute Gasteiger partial charge is 0.208 e. The van der Waals surface area contributed by atoms with Gasteiger partial charge in [-0.15, -0.1) is 0 Å². The molecule has 0 amide bonds. The quantitative estimate of drug-likeness (QED) is 0.925. The lowest BCUT2D eigenvalue weighted by Crippen LogP contribution is -2.40. The van der Waals surface area contributed by atoms with Gasteiger partial charge in [0.1, 0.15) is 4.90 Å². The standard InChI is InChI=1S/C15H20ClNO2S/c1-10(13-9-11-6-7-12(13)8-11)17-20(18,19)15-5-3-2-4-14(15)16/h2-5,10-13,17H,6-9H2,1H3/t10-,11+,12-,13+/m0/s1. The van der Waals surface area contributed by atoms with Crippen molar-refractivity contribution in [2.75, 3.05) is 0 Å². The number of fused-ring (bicyclic) bond motifs is 2. The first-order valence-corrected chi connectivity index (χ1v) is 9.10. The highest BCUT2D eigenvalue weighted by Gasteiger charge is 2.42.